The average Bonchev–Trinajstić information content (AvgIpc) is 2.92. The van der Waals surface area contributed by atoms with E-state index >= 15 is 0 Å². The van der Waals surface area contributed by atoms with Gasteiger partial charge in [-0.3, -0.25) is 10.1 Å². The Hall–Kier alpha value is -1.42. The van der Waals surface area contributed by atoms with E-state index in [2.05, 4.69) is 0 Å². The Kier molecular flexibility index (Phi) is 2.21. The van der Waals surface area contributed by atoms with Crippen molar-refractivity contribution in [1.82, 2.24) is 0 Å². The highest BCUT2D eigenvalue weighted by atomic mass is 16.6. The standard InChI is InChI=1S/C10H11NO3/c1-7-2-3-8(4-9-6-14-9)5-10(7)11(12)13/h2-3,5,9H,4,6H2,1H3. The van der Waals surface area contributed by atoms with Gasteiger partial charge < -0.3 is 4.74 Å². The normalized spacial score (nSPS) is 19.4. The number of nitro groups is 1. The summed E-state index contributed by atoms with van der Waals surface area (Å²) >= 11 is 0. The molecule has 1 unspecified atom stereocenters. The molecule has 0 bridgehead atoms. The van der Waals surface area contributed by atoms with Crippen molar-refractivity contribution in [1.29, 1.82) is 0 Å². The van der Waals surface area contributed by atoms with Gasteiger partial charge >= 0.3 is 0 Å². The minimum absolute atomic E-state index is 0.197. The molecule has 0 amide bonds. The minimum Gasteiger partial charge on any atom is -0.373 e. The highest BCUT2D eigenvalue weighted by Crippen LogP contribution is 2.22. The second-order valence-electron chi connectivity index (χ2n) is 3.54. The Balaban J connectivity index is 2.24. The van der Waals surface area contributed by atoms with E-state index < -0.39 is 0 Å². The maximum atomic E-state index is 10.6. The lowest BCUT2D eigenvalue weighted by molar-refractivity contribution is -0.385. The van der Waals surface area contributed by atoms with Crippen LogP contribution in [0.1, 0.15) is 11.1 Å². The largest absolute Gasteiger partial charge is 0.373 e. The van der Waals surface area contributed by atoms with Gasteiger partial charge in [0, 0.05) is 18.1 Å². The van der Waals surface area contributed by atoms with Gasteiger partial charge in [0.25, 0.3) is 5.69 Å². The second-order valence-corrected chi connectivity index (χ2v) is 3.54. The SMILES string of the molecule is Cc1ccc(CC2CO2)cc1[N+](=O)[O-]. The molecule has 0 aliphatic carbocycles. The van der Waals surface area contributed by atoms with Gasteiger partial charge in [-0.05, 0) is 12.5 Å². The summed E-state index contributed by atoms with van der Waals surface area (Å²) in [6.07, 6.45) is 1.05. The molecule has 1 heterocycles. The van der Waals surface area contributed by atoms with Crippen LogP contribution in [0.3, 0.4) is 0 Å². The molecule has 0 aromatic heterocycles. The van der Waals surface area contributed by atoms with Crippen LogP contribution in [0.5, 0.6) is 0 Å². The molecular weight excluding hydrogens is 182 g/mol. The Morgan fingerprint density at radius 1 is 1.64 bits per heavy atom. The number of hydrogen-bond donors (Lipinski definition) is 0. The van der Waals surface area contributed by atoms with Crippen LogP contribution in [0, 0.1) is 17.0 Å². The molecule has 1 atom stereocenters. The lowest BCUT2D eigenvalue weighted by atomic mass is 10.1. The first-order valence-corrected chi connectivity index (χ1v) is 4.52. The fourth-order valence-electron chi connectivity index (χ4n) is 1.43. The fraction of sp³-hybridized carbons (Fsp3) is 0.400. The summed E-state index contributed by atoms with van der Waals surface area (Å²) in [5, 5.41) is 10.6. The van der Waals surface area contributed by atoms with E-state index in [0.29, 0.717) is 5.56 Å². The zero-order valence-corrected chi connectivity index (χ0v) is 7.90. The molecule has 1 saturated heterocycles. The molecule has 4 heteroatoms. The van der Waals surface area contributed by atoms with E-state index in [9.17, 15) is 10.1 Å². The minimum atomic E-state index is -0.341. The number of nitro benzene ring substituents is 1. The number of rotatable bonds is 3. The van der Waals surface area contributed by atoms with E-state index in [-0.39, 0.29) is 16.7 Å². The van der Waals surface area contributed by atoms with Crippen molar-refractivity contribution in [2.24, 2.45) is 0 Å². The van der Waals surface area contributed by atoms with Crippen LogP contribution in [0.4, 0.5) is 5.69 Å². The van der Waals surface area contributed by atoms with Crippen LogP contribution < -0.4 is 0 Å². The van der Waals surface area contributed by atoms with Crippen molar-refractivity contribution in [3.8, 4) is 0 Å². The molecular formula is C10H11NO3. The summed E-state index contributed by atoms with van der Waals surface area (Å²) in [5.74, 6) is 0. The molecule has 0 radical (unpaired) electrons. The van der Waals surface area contributed by atoms with Gasteiger partial charge in [0.15, 0.2) is 0 Å². The summed E-state index contributed by atoms with van der Waals surface area (Å²) in [6.45, 7) is 2.53. The summed E-state index contributed by atoms with van der Waals surface area (Å²) in [5.41, 5.74) is 1.88. The molecule has 0 N–H and O–H groups in total. The molecule has 4 nitrogen and oxygen atoms in total. The molecule has 1 aromatic rings. The third-order valence-electron chi connectivity index (χ3n) is 2.34. The summed E-state index contributed by atoms with van der Waals surface area (Å²) in [4.78, 5) is 10.3. The molecule has 1 aliphatic heterocycles. The van der Waals surface area contributed by atoms with Crippen molar-refractivity contribution < 1.29 is 9.66 Å². The van der Waals surface area contributed by atoms with Gasteiger partial charge in [-0.2, -0.15) is 0 Å². The number of ether oxygens (including phenoxy) is 1. The summed E-state index contributed by atoms with van der Waals surface area (Å²) < 4.78 is 5.07. The molecule has 0 spiro atoms. The van der Waals surface area contributed by atoms with Crippen LogP contribution in [-0.2, 0) is 11.2 Å². The first-order valence-electron chi connectivity index (χ1n) is 4.52. The number of hydrogen-bond acceptors (Lipinski definition) is 3. The number of epoxide rings is 1. The third-order valence-corrected chi connectivity index (χ3v) is 2.34. The number of aryl methyl sites for hydroxylation is 1. The van der Waals surface area contributed by atoms with Gasteiger partial charge in [-0.25, -0.2) is 0 Å². The Morgan fingerprint density at radius 3 is 2.93 bits per heavy atom. The van der Waals surface area contributed by atoms with E-state index in [0.717, 1.165) is 18.6 Å². The quantitative estimate of drug-likeness (QED) is 0.418. The van der Waals surface area contributed by atoms with Crippen LogP contribution >= 0.6 is 0 Å². The molecule has 0 saturated carbocycles. The van der Waals surface area contributed by atoms with Crippen molar-refractivity contribution >= 4 is 5.69 Å². The maximum Gasteiger partial charge on any atom is 0.272 e. The smallest absolute Gasteiger partial charge is 0.272 e. The predicted molar refractivity (Wildman–Crippen MR) is 51.3 cm³/mol. The molecule has 1 aliphatic rings. The zero-order valence-electron chi connectivity index (χ0n) is 7.90. The lowest BCUT2D eigenvalue weighted by Gasteiger charge is -2.00. The fourth-order valence-corrected chi connectivity index (χ4v) is 1.43. The van der Waals surface area contributed by atoms with E-state index in [4.69, 9.17) is 4.74 Å². The average molecular weight is 193 g/mol. The maximum absolute atomic E-state index is 10.6. The van der Waals surface area contributed by atoms with Crippen molar-refractivity contribution in [3.05, 3.63) is 39.4 Å². The summed E-state index contributed by atoms with van der Waals surface area (Å²) in [7, 11) is 0. The molecule has 74 valence electrons. The third kappa shape index (κ3) is 1.90. The van der Waals surface area contributed by atoms with Gasteiger partial charge in [0.05, 0.1) is 17.6 Å². The van der Waals surface area contributed by atoms with E-state index in [1.54, 1.807) is 19.1 Å². The van der Waals surface area contributed by atoms with Crippen molar-refractivity contribution in [2.45, 2.75) is 19.4 Å². The topological polar surface area (TPSA) is 55.7 Å². The molecule has 1 fully saturated rings. The Bertz CT molecular complexity index is 372. The second kappa shape index (κ2) is 3.38. The first kappa shape index (κ1) is 9.15. The van der Waals surface area contributed by atoms with Gasteiger partial charge in [0.1, 0.15) is 0 Å². The predicted octanol–water partition coefficient (Wildman–Crippen LogP) is 1.84. The van der Waals surface area contributed by atoms with Crippen molar-refractivity contribution in [2.75, 3.05) is 6.61 Å². The highest BCUT2D eigenvalue weighted by molar-refractivity contribution is 5.42. The summed E-state index contributed by atoms with van der Waals surface area (Å²) in [6, 6.07) is 5.34. The zero-order chi connectivity index (χ0) is 10.1. The van der Waals surface area contributed by atoms with Crippen LogP contribution in [0.15, 0.2) is 18.2 Å². The van der Waals surface area contributed by atoms with E-state index in [1.807, 2.05) is 6.07 Å². The van der Waals surface area contributed by atoms with Crippen LogP contribution in [0.2, 0.25) is 0 Å². The highest BCUT2D eigenvalue weighted by Gasteiger charge is 2.23. The Labute approximate surface area is 81.7 Å². The number of nitrogens with zero attached hydrogens (tertiary/aromatic N) is 1. The first-order chi connectivity index (χ1) is 6.66. The van der Waals surface area contributed by atoms with Crippen LogP contribution in [-0.4, -0.2) is 17.6 Å². The Morgan fingerprint density at radius 2 is 2.36 bits per heavy atom. The van der Waals surface area contributed by atoms with E-state index in [1.165, 1.54) is 0 Å². The van der Waals surface area contributed by atoms with Gasteiger partial charge in [0.2, 0.25) is 0 Å². The molecule has 1 aromatic carbocycles. The lowest BCUT2D eigenvalue weighted by Crippen LogP contribution is -1.97. The van der Waals surface area contributed by atoms with Gasteiger partial charge in [-0.15, -0.1) is 0 Å². The van der Waals surface area contributed by atoms with Crippen LogP contribution in [0.25, 0.3) is 0 Å². The molecule has 2 rings (SSSR count). The van der Waals surface area contributed by atoms with Gasteiger partial charge in [-0.1, -0.05) is 12.1 Å². The molecule has 14 heavy (non-hydrogen) atoms. The van der Waals surface area contributed by atoms with Crippen molar-refractivity contribution in [3.63, 3.8) is 0 Å². The number of benzene rings is 1. The monoisotopic (exact) mass is 193 g/mol.